The number of aromatic nitrogens is 5. The summed E-state index contributed by atoms with van der Waals surface area (Å²) >= 11 is 0. The van der Waals surface area contributed by atoms with E-state index in [-0.39, 0.29) is 42.7 Å². The second-order valence-electron chi connectivity index (χ2n) is 5.96. The summed E-state index contributed by atoms with van der Waals surface area (Å²) in [4.78, 5) is 19.2. The van der Waals surface area contributed by atoms with Gasteiger partial charge >= 0.3 is 0 Å². The molecule has 0 aliphatic heterocycles. The summed E-state index contributed by atoms with van der Waals surface area (Å²) in [6.45, 7) is 0.690. The molecule has 3 N–H and O–H groups in total. The highest BCUT2D eigenvalue weighted by Gasteiger charge is 2.39. The van der Waals surface area contributed by atoms with Crippen molar-refractivity contribution in [2.75, 3.05) is 11.1 Å². The third-order valence-corrected chi connectivity index (χ3v) is 3.70. The van der Waals surface area contributed by atoms with Crippen LogP contribution in [0.1, 0.15) is 31.9 Å². The van der Waals surface area contributed by atoms with Gasteiger partial charge in [-0.25, -0.2) is 13.8 Å². The van der Waals surface area contributed by atoms with Crippen molar-refractivity contribution >= 4 is 11.9 Å². The first-order valence-electron chi connectivity index (χ1n) is 7.49. The number of nitrogens with zero attached hydrogens (tertiary/aromatic N) is 5. The molecular formula is C14H15F4N7. The summed E-state index contributed by atoms with van der Waals surface area (Å²) < 4.78 is 53.3. The molecule has 1 fully saturated rings. The Morgan fingerprint density at radius 1 is 1.20 bits per heavy atom. The first-order chi connectivity index (χ1) is 11.6. The van der Waals surface area contributed by atoms with Crippen molar-refractivity contribution in [3.63, 3.8) is 0 Å². The van der Waals surface area contributed by atoms with Crippen LogP contribution in [0.3, 0.4) is 0 Å². The van der Waals surface area contributed by atoms with Gasteiger partial charge in [0.2, 0.25) is 17.8 Å². The van der Waals surface area contributed by atoms with Gasteiger partial charge in [-0.15, -0.1) is 0 Å². The van der Waals surface area contributed by atoms with Gasteiger partial charge in [0.25, 0.3) is 5.92 Å². The molecule has 134 valence electrons. The third kappa shape index (κ3) is 4.09. The summed E-state index contributed by atoms with van der Waals surface area (Å²) in [6.07, 6.45) is 1.83. The van der Waals surface area contributed by atoms with Crippen LogP contribution in [-0.4, -0.2) is 36.9 Å². The highest BCUT2D eigenvalue weighted by Crippen LogP contribution is 2.36. The van der Waals surface area contributed by atoms with Crippen molar-refractivity contribution in [2.45, 2.75) is 44.1 Å². The van der Waals surface area contributed by atoms with E-state index in [9.17, 15) is 17.6 Å². The van der Waals surface area contributed by atoms with Crippen LogP contribution in [0.25, 0.3) is 11.5 Å². The third-order valence-electron chi connectivity index (χ3n) is 3.70. The summed E-state index contributed by atoms with van der Waals surface area (Å²) in [7, 11) is 0. The molecule has 1 atom stereocenters. The van der Waals surface area contributed by atoms with Crippen LogP contribution < -0.4 is 11.1 Å². The second kappa shape index (κ2) is 6.05. The Morgan fingerprint density at radius 3 is 2.60 bits per heavy atom. The summed E-state index contributed by atoms with van der Waals surface area (Å²) in [6, 6.07) is -0.512. The van der Waals surface area contributed by atoms with E-state index in [1.165, 1.54) is 6.20 Å². The normalized spacial score (nSPS) is 19.8. The van der Waals surface area contributed by atoms with Crippen molar-refractivity contribution in [1.82, 2.24) is 24.9 Å². The minimum Gasteiger partial charge on any atom is -0.368 e. The van der Waals surface area contributed by atoms with Crippen LogP contribution in [0, 0.1) is 0 Å². The van der Waals surface area contributed by atoms with Crippen LogP contribution in [0.5, 0.6) is 0 Å². The van der Waals surface area contributed by atoms with Crippen LogP contribution in [0.15, 0.2) is 12.4 Å². The lowest BCUT2D eigenvalue weighted by Crippen LogP contribution is -2.21. The van der Waals surface area contributed by atoms with Gasteiger partial charge in [-0.2, -0.15) is 23.7 Å². The number of nitrogens with one attached hydrogen (secondary N) is 1. The Bertz CT molecular complexity index is 778. The number of hydrogen-bond acceptors (Lipinski definition) is 7. The fourth-order valence-corrected chi connectivity index (χ4v) is 2.51. The lowest BCUT2D eigenvalue weighted by molar-refractivity contribution is 0.00840. The quantitative estimate of drug-likeness (QED) is 0.811. The minimum absolute atomic E-state index is 0.0133. The summed E-state index contributed by atoms with van der Waals surface area (Å²) in [5.74, 6) is -6.18. The maximum absolute atomic E-state index is 13.4. The zero-order valence-electron chi connectivity index (χ0n) is 13.2. The van der Waals surface area contributed by atoms with Crippen molar-refractivity contribution in [3.05, 3.63) is 18.1 Å². The molecule has 7 nitrogen and oxygen atoms in total. The average Bonchev–Trinajstić information content (AvgIpc) is 2.85. The van der Waals surface area contributed by atoms with Gasteiger partial charge in [-0.3, -0.25) is 4.98 Å². The molecule has 1 aliphatic rings. The van der Waals surface area contributed by atoms with Crippen molar-refractivity contribution in [2.24, 2.45) is 0 Å². The molecule has 0 saturated heterocycles. The maximum Gasteiger partial charge on any atom is 0.288 e. The number of alkyl halides is 4. The zero-order chi connectivity index (χ0) is 18.2. The van der Waals surface area contributed by atoms with E-state index >= 15 is 0 Å². The van der Waals surface area contributed by atoms with E-state index in [1.54, 1.807) is 0 Å². The molecule has 1 saturated carbocycles. The van der Waals surface area contributed by atoms with E-state index in [2.05, 4.69) is 30.2 Å². The molecule has 25 heavy (non-hydrogen) atoms. The molecule has 0 aromatic carbocycles. The molecule has 0 bridgehead atoms. The molecule has 2 aromatic heterocycles. The highest BCUT2D eigenvalue weighted by atomic mass is 19.3. The number of nitrogen functional groups attached to an aromatic ring is 1. The number of nitrogens with two attached hydrogens (primary N) is 1. The summed E-state index contributed by atoms with van der Waals surface area (Å²) in [5.41, 5.74) is 5.03. The van der Waals surface area contributed by atoms with Crippen LogP contribution >= 0.6 is 0 Å². The Hall–Kier alpha value is -2.59. The molecule has 0 radical (unpaired) electrons. The van der Waals surface area contributed by atoms with Gasteiger partial charge in [-0.1, -0.05) is 0 Å². The minimum atomic E-state index is -3.18. The monoisotopic (exact) mass is 357 g/mol. The molecule has 3 rings (SSSR count). The molecule has 1 unspecified atom stereocenters. The molecule has 2 aromatic rings. The van der Waals surface area contributed by atoms with Gasteiger partial charge < -0.3 is 11.1 Å². The maximum atomic E-state index is 13.4. The number of rotatable bonds is 4. The van der Waals surface area contributed by atoms with Crippen molar-refractivity contribution in [3.8, 4) is 11.5 Å². The van der Waals surface area contributed by atoms with E-state index in [4.69, 9.17) is 5.73 Å². The van der Waals surface area contributed by atoms with Crippen LogP contribution in [0.2, 0.25) is 0 Å². The molecule has 0 spiro atoms. The average molecular weight is 357 g/mol. The van der Waals surface area contributed by atoms with Gasteiger partial charge in [-0.05, 0) is 6.42 Å². The van der Waals surface area contributed by atoms with E-state index < -0.39 is 23.6 Å². The largest absolute Gasteiger partial charge is 0.368 e. The number of anilines is 2. The standard InChI is InChI=1S/C14H15F4N7/c1-13(15,16)9-6-20-5-8(22-9)10-23-11(19)25-12(24-10)21-7-2-3-14(17,18)4-7/h5-7H,2-4H2,1H3,(H3,19,21,23,24,25). The van der Waals surface area contributed by atoms with Gasteiger partial charge in [0.1, 0.15) is 11.4 Å². The van der Waals surface area contributed by atoms with E-state index in [1.807, 2.05) is 0 Å². The Kier molecular flexibility index (Phi) is 4.17. The fourth-order valence-electron chi connectivity index (χ4n) is 2.51. The smallest absolute Gasteiger partial charge is 0.288 e. The predicted octanol–water partition coefficient (Wildman–Crippen LogP) is 2.62. The first kappa shape index (κ1) is 17.2. The predicted molar refractivity (Wildman–Crippen MR) is 81.0 cm³/mol. The molecule has 0 amide bonds. The van der Waals surface area contributed by atoms with Gasteiger partial charge in [0, 0.05) is 25.8 Å². The lowest BCUT2D eigenvalue weighted by atomic mass is 10.2. The molecule has 2 heterocycles. The van der Waals surface area contributed by atoms with Crippen molar-refractivity contribution in [1.29, 1.82) is 0 Å². The second-order valence-corrected chi connectivity index (χ2v) is 5.96. The van der Waals surface area contributed by atoms with E-state index in [0.29, 0.717) is 6.92 Å². The van der Waals surface area contributed by atoms with E-state index in [0.717, 1.165) is 6.20 Å². The van der Waals surface area contributed by atoms with Gasteiger partial charge in [0.15, 0.2) is 5.82 Å². The fraction of sp³-hybridized carbons (Fsp3) is 0.500. The Labute approximate surface area is 140 Å². The lowest BCUT2D eigenvalue weighted by Gasteiger charge is -2.14. The first-order valence-corrected chi connectivity index (χ1v) is 7.49. The SMILES string of the molecule is CC(F)(F)c1cncc(-c2nc(N)nc(NC3CCC(F)(F)C3)n2)n1. The van der Waals surface area contributed by atoms with Gasteiger partial charge in [0.05, 0.1) is 12.4 Å². The molecule has 11 heteroatoms. The topological polar surface area (TPSA) is 102 Å². The number of halogens is 4. The number of hydrogen-bond donors (Lipinski definition) is 2. The van der Waals surface area contributed by atoms with Crippen LogP contribution in [0.4, 0.5) is 29.5 Å². The highest BCUT2D eigenvalue weighted by molar-refractivity contribution is 5.52. The summed E-state index contributed by atoms with van der Waals surface area (Å²) in [5, 5.41) is 2.77. The zero-order valence-corrected chi connectivity index (χ0v) is 13.2. The Balaban J connectivity index is 1.87. The molecular weight excluding hydrogens is 342 g/mol. The molecule has 1 aliphatic carbocycles. The van der Waals surface area contributed by atoms with Crippen LogP contribution in [-0.2, 0) is 5.92 Å². The Morgan fingerprint density at radius 2 is 1.96 bits per heavy atom. The van der Waals surface area contributed by atoms with Crippen molar-refractivity contribution < 1.29 is 17.6 Å².